The fourth-order valence-electron chi connectivity index (χ4n) is 1.37. The van der Waals surface area contributed by atoms with Crippen molar-refractivity contribution in [2.75, 3.05) is 0 Å². The minimum absolute atomic E-state index is 0.326. The Morgan fingerprint density at radius 3 is 2.43 bits per heavy atom. The molecule has 0 radical (unpaired) electrons. The van der Waals surface area contributed by atoms with Gasteiger partial charge < -0.3 is 10.8 Å². The molecule has 0 fully saturated rings. The highest BCUT2D eigenvalue weighted by molar-refractivity contribution is 5.71. The molecule has 1 aromatic carbocycles. The molecule has 0 aliphatic heterocycles. The summed E-state index contributed by atoms with van der Waals surface area (Å²) < 4.78 is 0. The Kier molecular flexibility index (Phi) is 3.65. The first-order chi connectivity index (χ1) is 6.61. The first kappa shape index (κ1) is 10.7. The molecule has 0 aliphatic rings. The molecule has 3 nitrogen and oxygen atoms in total. The molecule has 1 rings (SSSR count). The molecule has 76 valence electrons. The van der Waals surface area contributed by atoms with Crippen molar-refractivity contribution in [2.45, 2.75) is 19.4 Å². The third-order valence-electron chi connectivity index (χ3n) is 2.25. The van der Waals surface area contributed by atoms with Crippen molar-refractivity contribution in [2.24, 2.45) is 11.7 Å². The maximum Gasteiger partial charge on any atom is 0.308 e. The summed E-state index contributed by atoms with van der Waals surface area (Å²) in [4.78, 5) is 10.9. The van der Waals surface area contributed by atoms with Gasteiger partial charge in [0.1, 0.15) is 0 Å². The maximum atomic E-state index is 10.9. The van der Waals surface area contributed by atoms with E-state index >= 15 is 0 Å². The zero-order chi connectivity index (χ0) is 10.6. The highest BCUT2D eigenvalue weighted by atomic mass is 16.4. The molecule has 0 saturated heterocycles. The average Bonchev–Trinajstić information content (AvgIpc) is 2.15. The summed E-state index contributed by atoms with van der Waals surface area (Å²) in [7, 11) is 0. The summed E-state index contributed by atoms with van der Waals surface area (Å²) in [5.41, 5.74) is 6.62. The van der Waals surface area contributed by atoms with E-state index in [0.29, 0.717) is 6.42 Å². The van der Waals surface area contributed by atoms with Crippen molar-refractivity contribution in [3.05, 3.63) is 35.9 Å². The van der Waals surface area contributed by atoms with Crippen molar-refractivity contribution in [3.8, 4) is 0 Å². The van der Waals surface area contributed by atoms with Crippen molar-refractivity contribution in [1.82, 2.24) is 0 Å². The van der Waals surface area contributed by atoms with Gasteiger partial charge in [-0.15, -0.1) is 0 Å². The van der Waals surface area contributed by atoms with E-state index in [0.717, 1.165) is 5.56 Å². The Hall–Kier alpha value is -1.35. The molecule has 14 heavy (non-hydrogen) atoms. The van der Waals surface area contributed by atoms with Crippen LogP contribution in [0.1, 0.15) is 12.5 Å². The predicted octanol–water partition coefficient (Wildman–Crippen LogP) is 1.28. The van der Waals surface area contributed by atoms with Gasteiger partial charge in [-0.05, 0) is 18.9 Å². The lowest BCUT2D eigenvalue weighted by Gasteiger charge is -2.15. The third kappa shape index (κ3) is 2.85. The van der Waals surface area contributed by atoms with E-state index in [1.54, 1.807) is 6.92 Å². The van der Waals surface area contributed by atoms with E-state index in [9.17, 15) is 4.79 Å². The van der Waals surface area contributed by atoms with E-state index in [2.05, 4.69) is 0 Å². The number of benzene rings is 1. The van der Waals surface area contributed by atoms with Crippen molar-refractivity contribution in [1.29, 1.82) is 0 Å². The molecule has 0 amide bonds. The lowest BCUT2D eigenvalue weighted by molar-refractivity contribution is -0.142. The molecule has 0 bridgehead atoms. The summed E-state index contributed by atoms with van der Waals surface area (Å²) in [6.45, 7) is 1.72. The lowest BCUT2D eigenvalue weighted by Crippen LogP contribution is -2.34. The van der Waals surface area contributed by atoms with Crippen LogP contribution >= 0.6 is 0 Å². The summed E-state index contributed by atoms with van der Waals surface area (Å²) in [5, 5.41) is 8.92. The topological polar surface area (TPSA) is 63.3 Å². The molecular weight excluding hydrogens is 178 g/mol. The molecule has 0 spiro atoms. The molecule has 2 atom stereocenters. The molecular formula is C11H15NO2. The Labute approximate surface area is 83.6 Å². The molecule has 0 heterocycles. The molecule has 1 aromatic rings. The molecule has 3 heteroatoms. The molecule has 0 aliphatic carbocycles. The monoisotopic (exact) mass is 193 g/mol. The maximum absolute atomic E-state index is 10.9. The smallest absolute Gasteiger partial charge is 0.308 e. The molecule has 0 unspecified atom stereocenters. The van der Waals surface area contributed by atoms with E-state index in [4.69, 9.17) is 10.8 Å². The molecule has 3 N–H and O–H groups in total. The number of hydrogen-bond acceptors (Lipinski definition) is 2. The highest BCUT2D eigenvalue weighted by Crippen LogP contribution is 2.11. The van der Waals surface area contributed by atoms with Crippen LogP contribution in [0, 0.1) is 5.92 Å². The van der Waals surface area contributed by atoms with Crippen molar-refractivity contribution < 1.29 is 9.90 Å². The second-order valence-electron chi connectivity index (χ2n) is 3.49. The van der Waals surface area contributed by atoms with Crippen LogP contribution in [0.2, 0.25) is 0 Å². The van der Waals surface area contributed by atoms with Crippen LogP contribution in [0.5, 0.6) is 0 Å². The van der Waals surface area contributed by atoms with Crippen LogP contribution in [0.15, 0.2) is 30.3 Å². The number of carbonyl (C=O) groups is 1. The van der Waals surface area contributed by atoms with E-state index in [1.807, 2.05) is 30.3 Å². The zero-order valence-electron chi connectivity index (χ0n) is 8.18. The third-order valence-corrected chi connectivity index (χ3v) is 2.25. The van der Waals surface area contributed by atoms with Gasteiger partial charge in [-0.2, -0.15) is 0 Å². The second-order valence-corrected chi connectivity index (χ2v) is 3.49. The summed E-state index contributed by atoms with van der Waals surface area (Å²) in [6.07, 6.45) is 0.494. The van der Waals surface area contributed by atoms with Gasteiger partial charge in [-0.25, -0.2) is 0 Å². The first-order valence-corrected chi connectivity index (χ1v) is 4.63. The van der Waals surface area contributed by atoms with Crippen LogP contribution in [-0.4, -0.2) is 17.1 Å². The summed E-state index contributed by atoms with van der Waals surface area (Å²) >= 11 is 0. The van der Waals surface area contributed by atoms with Gasteiger partial charge in [0, 0.05) is 6.04 Å². The van der Waals surface area contributed by atoms with E-state index in [-0.39, 0.29) is 6.04 Å². The standard InChI is InChI=1S/C11H15NO2/c1-8(12)10(11(13)14)7-9-5-3-2-4-6-9/h2-6,8,10H,7,12H2,1H3,(H,13,14)/t8-,10-/m1/s1. The van der Waals surface area contributed by atoms with Gasteiger partial charge in [0.2, 0.25) is 0 Å². The van der Waals surface area contributed by atoms with Crippen LogP contribution < -0.4 is 5.73 Å². The van der Waals surface area contributed by atoms with Crippen molar-refractivity contribution in [3.63, 3.8) is 0 Å². The number of carboxylic acid groups (broad SMARTS) is 1. The Morgan fingerprint density at radius 2 is 2.00 bits per heavy atom. The van der Waals surface area contributed by atoms with Crippen LogP contribution in [-0.2, 0) is 11.2 Å². The SMILES string of the molecule is C[C@@H](N)[C@@H](Cc1ccccc1)C(=O)O. The van der Waals surface area contributed by atoms with Gasteiger partial charge in [0.15, 0.2) is 0 Å². The van der Waals surface area contributed by atoms with Gasteiger partial charge in [0.05, 0.1) is 5.92 Å². The van der Waals surface area contributed by atoms with Gasteiger partial charge in [-0.3, -0.25) is 4.79 Å². The molecule has 0 saturated carbocycles. The zero-order valence-corrected chi connectivity index (χ0v) is 8.18. The van der Waals surface area contributed by atoms with Crippen LogP contribution in [0.25, 0.3) is 0 Å². The van der Waals surface area contributed by atoms with Crippen LogP contribution in [0.4, 0.5) is 0 Å². The van der Waals surface area contributed by atoms with E-state index < -0.39 is 11.9 Å². The fourth-order valence-corrected chi connectivity index (χ4v) is 1.37. The number of hydrogen-bond donors (Lipinski definition) is 2. The number of aliphatic carboxylic acids is 1. The van der Waals surface area contributed by atoms with Gasteiger partial charge in [-0.1, -0.05) is 30.3 Å². The number of nitrogens with two attached hydrogens (primary N) is 1. The number of rotatable bonds is 4. The lowest BCUT2D eigenvalue weighted by atomic mass is 9.94. The largest absolute Gasteiger partial charge is 0.481 e. The Bertz CT molecular complexity index is 295. The quantitative estimate of drug-likeness (QED) is 0.757. The van der Waals surface area contributed by atoms with Gasteiger partial charge in [0.25, 0.3) is 0 Å². The van der Waals surface area contributed by atoms with Gasteiger partial charge >= 0.3 is 5.97 Å². The second kappa shape index (κ2) is 4.77. The molecule has 0 aromatic heterocycles. The summed E-state index contributed by atoms with van der Waals surface area (Å²) in [6, 6.07) is 9.21. The Balaban J connectivity index is 2.70. The van der Waals surface area contributed by atoms with E-state index in [1.165, 1.54) is 0 Å². The highest BCUT2D eigenvalue weighted by Gasteiger charge is 2.21. The Morgan fingerprint density at radius 1 is 1.43 bits per heavy atom. The minimum atomic E-state index is -0.830. The normalized spacial score (nSPS) is 14.7. The number of carboxylic acids is 1. The minimum Gasteiger partial charge on any atom is -0.481 e. The first-order valence-electron chi connectivity index (χ1n) is 4.63. The summed E-state index contributed by atoms with van der Waals surface area (Å²) in [5.74, 6) is -1.33. The fraction of sp³-hybridized carbons (Fsp3) is 0.364. The van der Waals surface area contributed by atoms with Crippen molar-refractivity contribution >= 4 is 5.97 Å². The predicted molar refractivity (Wildman–Crippen MR) is 54.9 cm³/mol. The average molecular weight is 193 g/mol. The van der Waals surface area contributed by atoms with Crippen LogP contribution in [0.3, 0.4) is 0 Å².